The van der Waals surface area contributed by atoms with E-state index in [0.29, 0.717) is 0 Å². The van der Waals surface area contributed by atoms with Crippen LogP contribution in [-0.4, -0.2) is 0 Å². The van der Waals surface area contributed by atoms with Crippen molar-refractivity contribution in [2.75, 3.05) is 19.6 Å². The molecule has 4 nitrogen and oxygen atoms in total. The molecule has 0 amide bonds. The van der Waals surface area contributed by atoms with Crippen molar-refractivity contribution in [2.24, 2.45) is 0 Å². The number of hydrogen-bond donors (Lipinski definition) is 0. The zero-order valence-electron chi connectivity index (χ0n) is 34.4. The van der Waals surface area contributed by atoms with Crippen molar-refractivity contribution in [3.8, 4) is 0 Å². The van der Waals surface area contributed by atoms with Crippen molar-refractivity contribution >= 4 is 68.2 Å². The van der Waals surface area contributed by atoms with Crippen LogP contribution in [0.25, 0.3) is 0 Å². The van der Waals surface area contributed by atoms with E-state index in [-0.39, 0.29) is 5.41 Å². The molecule has 1 heterocycles. The first-order valence-electron chi connectivity index (χ1n) is 20.9. The molecule has 10 rings (SSSR count). The van der Waals surface area contributed by atoms with Crippen LogP contribution in [0.4, 0.5) is 68.2 Å². The second kappa shape index (κ2) is 16.1. The third kappa shape index (κ3) is 7.08. The average molecular weight is 787 g/mol. The topological polar surface area (TPSA) is 13.0 Å². The lowest BCUT2D eigenvalue weighted by atomic mass is 9.73. The predicted octanol–water partition coefficient (Wildman–Crippen LogP) is 16.2. The summed E-state index contributed by atoms with van der Waals surface area (Å²) in [6, 6.07) is 86.8. The Bertz CT molecular complexity index is 2610. The van der Waals surface area contributed by atoms with Crippen LogP contribution >= 0.6 is 0 Å². The zero-order valence-corrected chi connectivity index (χ0v) is 34.4. The van der Waals surface area contributed by atoms with Crippen LogP contribution in [0.2, 0.25) is 0 Å². The van der Waals surface area contributed by atoms with Crippen LogP contribution in [0.15, 0.2) is 243 Å². The van der Waals surface area contributed by atoms with Gasteiger partial charge in [-0.15, -0.1) is 0 Å². The smallest absolute Gasteiger partial charge is 0.0504 e. The summed E-state index contributed by atoms with van der Waals surface area (Å²) in [5.74, 6) is 0. The average Bonchev–Trinajstić information content (AvgIpc) is 3.32. The fourth-order valence-electron chi connectivity index (χ4n) is 8.83. The van der Waals surface area contributed by atoms with Crippen molar-refractivity contribution in [2.45, 2.75) is 19.3 Å². The molecular formula is C57H46N4. The Morgan fingerprint density at radius 3 is 0.820 bits per heavy atom. The molecule has 4 heteroatoms. The molecule has 9 aromatic rings. The van der Waals surface area contributed by atoms with E-state index >= 15 is 0 Å². The number of rotatable bonds is 10. The van der Waals surface area contributed by atoms with E-state index in [1.165, 1.54) is 11.1 Å². The van der Waals surface area contributed by atoms with Crippen LogP contribution in [0.1, 0.15) is 25.0 Å². The maximum Gasteiger partial charge on any atom is 0.0504 e. The van der Waals surface area contributed by atoms with E-state index in [4.69, 9.17) is 0 Å². The zero-order chi connectivity index (χ0) is 41.2. The van der Waals surface area contributed by atoms with Gasteiger partial charge in [0, 0.05) is 62.3 Å². The summed E-state index contributed by atoms with van der Waals surface area (Å²) in [7, 11) is 0. The monoisotopic (exact) mass is 786 g/mol. The lowest BCUT2D eigenvalue weighted by Crippen LogP contribution is -2.31. The maximum atomic E-state index is 2.45. The van der Waals surface area contributed by atoms with Gasteiger partial charge in [-0.3, -0.25) is 0 Å². The molecule has 0 saturated heterocycles. The molecule has 0 aliphatic carbocycles. The maximum absolute atomic E-state index is 2.45. The van der Waals surface area contributed by atoms with Gasteiger partial charge in [0.05, 0.1) is 11.4 Å². The standard InChI is InChI=1S/C57H46N4/c1-57(2)53-41-51(59(45-25-13-5-14-26-45)46-27-15-6-16-28-46)37-39-55(53)61(50-35-33-49(34-36-50)58(43-21-9-3-10-22-43)44-23-11-4-12-24-44)56-40-38-52(42-54(56)57)60(47-29-17-7-18-30-47)48-31-19-8-20-32-48/h3-42H,1-2H3. The highest BCUT2D eigenvalue weighted by Gasteiger charge is 2.38. The molecule has 0 unspecified atom stereocenters. The van der Waals surface area contributed by atoms with Gasteiger partial charge in [0.15, 0.2) is 0 Å². The first-order valence-corrected chi connectivity index (χ1v) is 20.9. The highest BCUT2D eigenvalue weighted by atomic mass is 15.2. The molecular weight excluding hydrogens is 741 g/mol. The summed E-state index contributed by atoms with van der Waals surface area (Å²) in [5.41, 5.74) is 15.5. The largest absolute Gasteiger partial charge is 0.311 e. The van der Waals surface area contributed by atoms with Crippen molar-refractivity contribution < 1.29 is 0 Å². The van der Waals surface area contributed by atoms with Gasteiger partial charge in [-0.1, -0.05) is 123 Å². The molecule has 0 radical (unpaired) electrons. The quantitative estimate of drug-likeness (QED) is 0.137. The van der Waals surface area contributed by atoms with Crippen molar-refractivity contribution in [1.82, 2.24) is 0 Å². The van der Waals surface area contributed by atoms with E-state index in [9.17, 15) is 0 Å². The summed E-state index contributed by atoms with van der Waals surface area (Å²) >= 11 is 0. The minimum Gasteiger partial charge on any atom is -0.311 e. The highest BCUT2D eigenvalue weighted by molar-refractivity contribution is 5.91. The first-order chi connectivity index (χ1) is 30.0. The second-order valence-electron chi connectivity index (χ2n) is 15.9. The van der Waals surface area contributed by atoms with E-state index in [2.05, 4.69) is 276 Å². The molecule has 0 atom stereocenters. The highest BCUT2D eigenvalue weighted by Crippen LogP contribution is 2.55. The predicted molar refractivity (Wildman–Crippen MR) is 257 cm³/mol. The molecule has 61 heavy (non-hydrogen) atoms. The Morgan fingerprint density at radius 1 is 0.279 bits per heavy atom. The molecule has 0 fully saturated rings. The van der Waals surface area contributed by atoms with Gasteiger partial charge in [-0.25, -0.2) is 0 Å². The molecule has 0 bridgehead atoms. The summed E-state index contributed by atoms with van der Waals surface area (Å²) in [5, 5.41) is 0. The number of para-hydroxylation sites is 6. The lowest BCUT2D eigenvalue weighted by molar-refractivity contribution is 0.632. The number of benzene rings is 9. The SMILES string of the molecule is CC1(C)c2cc(N(c3ccccc3)c3ccccc3)ccc2N(c2ccc(N(c3ccccc3)c3ccccc3)cc2)c2ccc(N(c3ccccc3)c3ccccc3)cc21. The molecule has 9 aromatic carbocycles. The molecule has 0 aromatic heterocycles. The van der Waals surface area contributed by atoms with E-state index < -0.39 is 0 Å². The molecule has 0 N–H and O–H groups in total. The van der Waals surface area contributed by atoms with Crippen molar-refractivity contribution in [3.05, 3.63) is 254 Å². The van der Waals surface area contributed by atoms with Crippen LogP contribution in [-0.2, 0) is 5.41 Å². The third-order valence-electron chi connectivity index (χ3n) is 11.8. The van der Waals surface area contributed by atoms with Crippen LogP contribution in [0.3, 0.4) is 0 Å². The third-order valence-corrected chi connectivity index (χ3v) is 11.8. The Balaban J connectivity index is 1.15. The first kappa shape index (κ1) is 37.5. The van der Waals surface area contributed by atoms with Crippen LogP contribution in [0.5, 0.6) is 0 Å². The van der Waals surface area contributed by atoms with Crippen molar-refractivity contribution in [3.63, 3.8) is 0 Å². The second-order valence-corrected chi connectivity index (χ2v) is 15.9. The van der Waals surface area contributed by atoms with Crippen LogP contribution < -0.4 is 19.6 Å². The fourth-order valence-corrected chi connectivity index (χ4v) is 8.83. The van der Waals surface area contributed by atoms with Crippen molar-refractivity contribution in [1.29, 1.82) is 0 Å². The van der Waals surface area contributed by atoms with Gasteiger partial charge >= 0.3 is 0 Å². The number of nitrogens with zero attached hydrogens (tertiary/aromatic N) is 4. The van der Waals surface area contributed by atoms with Gasteiger partial charge in [0.2, 0.25) is 0 Å². The number of fused-ring (bicyclic) bond motifs is 2. The minimum absolute atomic E-state index is 0.372. The van der Waals surface area contributed by atoms with Gasteiger partial charge in [0.25, 0.3) is 0 Å². The lowest BCUT2D eigenvalue weighted by Gasteiger charge is -2.43. The van der Waals surface area contributed by atoms with E-state index in [0.717, 1.165) is 68.2 Å². The molecule has 1 aliphatic heterocycles. The summed E-state index contributed by atoms with van der Waals surface area (Å²) in [6.07, 6.45) is 0. The molecule has 1 aliphatic rings. The van der Waals surface area contributed by atoms with Gasteiger partial charge in [-0.05, 0) is 145 Å². The Morgan fingerprint density at radius 2 is 0.525 bits per heavy atom. The molecule has 0 saturated carbocycles. The van der Waals surface area contributed by atoms with Gasteiger partial charge in [-0.2, -0.15) is 0 Å². The Hall–Kier alpha value is -7.82. The summed E-state index contributed by atoms with van der Waals surface area (Å²) in [4.78, 5) is 9.48. The Labute approximate surface area is 359 Å². The summed E-state index contributed by atoms with van der Waals surface area (Å²) < 4.78 is 0. The van der Waals surface area contributed by atoms with E-state index in [1.807, 2.05) is 0 Å². The van der Waals surface area contributed by atoms with Gasteiger partial charge < -0.3 is 19.6 Å². The van der Waals surface area contributed by atoms with Crippen LogP contribution in [0, 0.1) is 0 Å². The number of anilines is 12. The molecule has 294 valence electrons. The fraction of sp³-hybridized carbons (Fsp3) is 0.0526. The normalized spacial score (nSPS) is 12.5. The Kier molecular flexibility index (Phi) is 9.88. The van der Waals surface area contributed by atoms with E-state index in [1.54, 1.807) is 0 Å². The summed E-state index contributed by atoms with van der Waals surface area (Å²) in [6.45, 7) is 4.75. The molecule has 0 spiro atoms. The van der Waals surface area contributed by atoms with Gasteiger partial charge in [0.1, 0.15) is 0 Å². The minimum atomic E-state index is -0.372. The number of hydrogen-bond acceptors (Lipinski definition) is 4.